The summed E-state index contributed by atoms with van der Waals surface area (Å²) in [5.41, 5.74) is 15.0. The van der Waals surface area contributed by atoms with Gasteiger partial charge in [-0.25, -0.2) is 4.99 Å². The fourth-order valence-corrected chi connectivity index (χ4v) is 2.49. The van der Waals surface area contributed by atoms with Crippen LogP contribution in [0.25, 0.3) is 0 Å². The second kappa shape index (κ2) is 7.23. The number of guanidine groups is 2. The van der Waals surface area contributed by atoms with Gasteiger partial charge in [-0.1, -0.05) is 29.8 Å². The smallest absolute Gasteiger partial charge is 0.221 e. The largest absolute Gasteiger partial charge is 1.00 e. The summed E-state index contributed by atoms with van der Waals surface area (Å²) in [5, 5.41) is 0. The average Bonchev–Trinajstić information content (AvgIpc) is 2.55. The molecule has 3 rings (SSSR count). The molecule has 0 saturated heterocycles. The third kappa shape index (κ3) is 3.44. The lowest BCUT2D eigenvalue weighted by atomic mass is 10.1. The zero-order chi connectivity index (χ0) is 16.4. The van der Waals surface area contributed by atoms with E-state index in [9.17, 15) is 0 Å². The standard InChI is InChI=1S/C17H19N5O.ClH/c1-11-3-7-13(8-4-11)22-15(20-16(18)21-17(22)19)12-5-9-14(23-2)10-6-12;/h3-10,15H,1-2H3,(H4,18,19,20,21);1H/p-1. The molecular formula is C17H19ClN5O-. The maximum Gasteiger partial charge on any atom is 0.221 e. The summed E-state index contributed by atoms with van der Waals surface area (Å²) in [6, 6.07) is 15.7. The maximum atomic E-state index is 6.11. The van der Waals surface area contributed by atoms with Gasteiger partial charge in [-0.15, -0.1) is 0 Å². The Morgan fingerprint density at radius 1 is 1.00 bits per heavy atom. The fraction of sp³-hybridized carbons (Fsp3) is 0.176. The van der Waals surface area contributed by atoms with Crippen LogP contribution in [0.15, 0.2) is 58.5 Å². The van der Waals surface area contributed by atoms with Gasteiger partial charge in [0.2, 0.25) is 11.9 Å². The van der Waals surface area contributed by atoms with Crippen molar-refractivity contribution in [3.8, 4) is 5.75 Å². The van der Waals surface area contributed by atoms with Crippen molar-refractivity contribution < 1.29 is 17.1 Å². The number of hydrogen-bond acceptors (Lipinski definition) is 6. The van der Waals surface area contributed by atoms with Gasteiger partial charge >= 0.3 is 0 Å². The molecule has 1 aliphatic rings. The van der Waals surface area contributed by atoms with E-state index in [0.717, 1.165) is 17.0 Å². The molecule has 0 fully saturated rings. The van der Waals surface area contributed by atoms with Gasteiger partial charge in [0.25, 0.3) is 0 Å². The molecule has 126 valence electrons. The Labute approximate surface area is 147 Å². The van der Waals surface area contributed by atoms with E-state index in [1.807, 2.05) is 60.4 Å². The van der Waals surface area contributed by atoms with Gasteiger partial charge in [0, 0.05) is 5.69 Å². The second-order valence-corrected chi connectivity index (χ2v) is 5.31. The molecule has 0 aromatic heterocycles. The summed E-state index contributed by atoms with van der Waals surface area (Å²) < 4.78 is 5.20. The number of halogens is 1. The molecule has 0 bridgehead atoms. The first-order valence-corrected chi connectivity index (χ1v) is 7.26. The number of aryl methyl sites for hydroxylation is 1. The third-order valence-corrected chi connectivity index (χ3v) is 3.70. The topological polar surface area (TPSA) is 89.2 Å². The van der Waals surface area contributed by atoms with Crippen molar-refractivity contribution in [2.75, 3.05) is 12.0 Å². The van der Waals surface area contributed by atoms with E-state index < -0.39 is 0 Å². The summed E-state index contributed by atoms with van der Waals surface area (Å²) in [7, 11) is 1.63. The van der Waals surface area contributed by atoms with Gasteiger partial charge in [-0.05, 0) is 36.8 Å². The highest BCUT2D eigenvalue weighted by atomic mass is 35.5. The Balaban J connectivity index is 0.00000208. The minimum absolute atomic E-state index is 0. The number of benzene rings is 2. The number of rotatable bonds is 3. The predicted molar refractivity (Wildman–Crippen MR) is 92.6 cm³/mol. The van der Waals surface area contributed by atoms with E-state index >= 15 is 0 Å². The molecule has 4 N–H and O–H groups in total. The molecular weight excluding hydrogens is 326 g/mol. The van der Waals surface area contributed by atoms with Crippen LogP contribution in [0.3, 0.4) is 0 Å². The highest BCUT2D eigenvalue weighted by Crippen LogP contribution is 2.31. The van der Waals surface area contributed by atoms with Gasteiger partial charge in [0.1, 0.15) is 5.75 Å². The number of aliphatic imine (C=N–C) groups is 2. The van der Waals surface area contributed by atoms with Crippen LogP contribution in [0.5, 0.6) is 5.75 Å². The zero-order valence-electron chi connectivity index (χ0n) is 13.5. The summed E-state index contributed by atoms with van der Waals surface area (Å²) in [4.78, 5) is 10.4. The van der Waals surface area contributed by atoms with E-state index in [-0.39, 0.29) is 24.5 Å². The maximum absolute atomic E-state index is 6.11. The normalized spacial score (nSPS) is 16.8. The molecule has 0 aliphatic carbocycles. The highest BCUT2D eigenvalue weighted by molar-refractivity contribution is 6.04. The number of ether oxygens (including phenoxy) is 1. The van der Waals surface area contributed by atoms with Crippen molar-refractivity contribution in [1.82, 2.24) is 0 Å². The first-order valence-electron chi connectivity index (χ1n) is 7.26. The lowest BCUT2D eigenvalue weighted by Crippen LogP contribution is -3.00. The van der Waals surface area contributed by atoms with Crippen molar-refractivity contribution in [3.05, 3.63) is 59.7 Å². The van der Waals surface area contributed by atoms with E-state index in [2.05, 4.69) is 9.98 Å². The van der Waals surface area contributed by atoms with E-state index in [1.165, 1.54) is 5.56 Å². The van der Waals surface area contributed by atoms with Crippen LogP contribution < -0.4 is 33.5 Å². The average molecular weight is 345 g/mol. The minimum Gasteiger partial charge on any atom is -1.00 e. The van der Waals surface area contributed by atoms with E-state index in [4.69, 9.17) is 16.2 Å². The molecule has 24 heavy (non-hydrogen) atoms. The lowest BCUT2D eigenvalue weighted by Gasteiger charge is -2.32. The molecule has 7 heteroatoms. The Morgan fingerprint density at radius 3 is 2.21 bits per heavy atom. The Kier molecular flexibility index (Phi) is 5.31. The predicted octanol–water partition coefficient (Wildman–Crippen LogP) is -0.844. The first-order chi connectivity index (χ1) is 11.1. The van der Waals surface area contributed by atoms with Crippen LogP contribution in [0.2, 0.25) is 0 Å². The van der Waals surface area contributed by atoms with Gasteiger partial charge in [0.15, 0.2) is 6.17 Å². The second-order valence-electron chi connectivity index (χ2n) is 5.31. The van der Waals surface area contributed by atoms with Crippen molar-refractivity contribution >= 4 is 17.6 Å². The highest BCUT2D eigenvalue weighted by Gasteiger charge is 2.27. The molecule has 0 spiro atoms. The summed E-state index contributed by atoms with van der Waals surface area (Å²) in [5.74, 6) is 1.28. The molecule has 6 nitrogen and oxygen atoms in total. The van der Waals surface area contributed by atoms with Crippen LogP contribution in [0.4, 0.5) is 5.69 Å². The molecule has 2 aromatic rings. The summed E-state index contributed by atoms with van der Waals surface area (Å²) >= 11 is 0. The first kappa shape index (κ1) is 17.6. The third-order valence-electron chi connectivity index (χ3n) is 3.70. The lowest BCUT2D eigenvalue weighted by molar-refractivity contribution is -0.00000540. The quantitative estimate of drug-likeness (QED) is 0.759. The van der Waals surface area contributed by atoms with Crippen LogP contribution in [0, 0.1) is 6.92 Å². The van der Waals surface area contributed by atoms with E-state index in [0.29, 0.717) is 5.96 Å². The number of hydrogen-bond donors (Lipinski definition) is 2. The molecule has 2 aromatic carbocycles. The Bertz CT molecular complexity index is 756. The van der Waals surface area contributed by atoms with E-state index in [1.54, 1.807) is 7.11 Å². The van der Waals surface area contributed by atoms with Crippen molar-refractivity contribution in [2.45, 2.75) is 13.1 Å². The number of nitrogens with zero attached hydrogens (tertiary/aromatic N) is 3. The van der Waals surface area contributed by atoms with Crippen LogP contribution in [0.1, 0.15) is 17.3 Å². The summed E-state index contributed by atoms with van der Waals surface area (Å²) in [6.07, 6.45) is -0.360. The van der Waals surface area contributed by atoms with Crippen LogP contribution in [-0.4, -0.2) is 19.0 Å². The molecule has 1 unspecified atom stereocenters. The van der Waals surface area contributed by atoms with Crippen LogP contribution in [-0.2, 0) is 0 Å². The van der Waals surface area contributed by atoms with Crippen molar-refractivity contribution in [2.24, 2.45) is 21.5 Å². The summed E-state index contributed by atoms with van der Waals surface area (Å²) in [6.45, 7) is 2.04. The molecule has 0 amide bonds. The Hall–Kier alpha value is -2.73. The molecule has 0 saturated carbocycles. The van der Waals surface area contributed by atoms with Gasteiger partial charge in [-0.2, -0.15) is 4.99 Å². The van der Waals surface area contributed by atoms with Crippen molar-refractivity contribution in [1.29, 1.82) is 0 Å². The number of nitrogens with two attached hydrogens (primary N) is 2. The zero-order valence-corrected chi connectivity index (χ0v) is 14.2. The van der Waals surface area contributed by atoms with Crippen LogP contribution >= 0.6 is 0 Å². The number of methoxy groups -OCH3 is 1. The molecule has 0 radical (unpaired) electrons. The SMILES string of the molecule is COc1ccc(C2N=C(N)N=C(N)N2c2ccc(C)cc2)cc1.[Cl-]. The minimum atomic E-state index is -0.360. The molecule has 1 aliphatic heterocycles. The molecule has 1 atom stereocenters. The number of anilines is 1. The van der Waals surface area contributed by atoms with Gasteiger partial charge < -0.3 is 28.6 Å². The molecule has 1 heterocycles. The monoisotopic (exact) mass is 344 g/mol. The van der Waals surface area contributed by atoms with Crippen molar-refractivity contribution in [3.63, 3.8) is 0 Å². The Morgan fingerprint density at radius 2 is 1.62 bits per heavy atom. The van der Waals surface area contributed by atoms with Gasteiger partial charge in [0.05, 0.1) is 7.11 Å². The fourth-order valence-electron chi connectivity index (χ4n) is 2.49. The van der Waals surface area contributed by atoms with Gasteiger partial charge in [-0.3, -0.25) is 4.90 Å².